The molecular formula is C18H20BrNS. The number of fused-ring (bicyclic) bond motifs is 1. The smallest absolute Gasteiger partial charge is 0.0444 e. The number of thioether (sulfide) groups is 1. The normalized spacial score (nSPS) is 24.6. The minimum Gasteiger partial charge on any atom is -0.312 e. The van der Waals surface area contributed by atoms with Gasteiger partial charge in [0.2, 0.25) is 0 Å². The van der Waals surface area contributed by atoms with E-state index in [1.54, 1.807) is 0 Å². The van der Waals surface area contributed by atoms with Gasteiger partial charge in [0.15, 0.2) is 0 Å². The number of hydrogen-bond donors (Lipinski definition) is 1. The van der Waals surface area contributed by atoms with E-state index in [-0.39, 0.29) is 0 Å². The second-order valence-electron chi connectivity index (χ2n) is 5.62. The first kappa shape index (κ1) is 15.1. The fraction of sp³-hybridized carbons (Fsp3) is 0.333. The summed E-state index contributed by atoms with van der Waals surface area (Å²) in [6.07, 6.45) is 1.20. The Morgan fingerprint density at radius 1 is 1.05 bits per heavy atom. The highest BCUT2D eigenvalue weighted by molar-refractivity contribution is 9.10. The Labute approximate surface area is 139 Å². The Bertz CT molecular complexity index is 628. The topological polar surface area (TPSA) is 12.0 Å². The molecule has 0 aromatic heterocycles. The third-order valence-corrected chi connectivity index (χ3v) is 6.58. The van der Waals surface area contributed by atoms with E-state index >= 15 is 0 Å². The van der Waals surface area contributed by atoms with Gasteiger partial charge in [0.25, 0.3) is 0 Å². The molecule has 3 unspecified atom stereocenters. The van der Waals surface area contributed by atoms with Gasteiger partial charge in [0.1, 0.15) is 0 Å². The van der Waals surface area contributed by atoms with Crippen LogP contribution in [0.3, 0.4) is 0 Å². The number of hydrogen-bond acceptors (Lipinski definition) is 2. The fourth-order valence-electron chi connectivity index (χ4n) is 3.22. The van der Waals surface area contributed by atoms with Crippen LogP contribution in [0.15, 0.2) is 57.9 Å². The second-order valence-corrected chi connectivity index (χ2v) is 7.75. The molecule has 0 aliphatic heterocycles. The molecule has 3 atom stereocenters. The van der Waals surface area contributed by atoms with Crippen LogP contribution in [0, 0.1) is 0 Å². The van der Waals surface area contributed by atoms with E-state index in [2.05, 4.69) is 83.7 Å². The van der Waals surface area contributed by atoms with Crippen LogP contribution in [-0.4, -0.2) is 12.3 Å². The predicted molar refractivity (Wildman–Crippen MR) is 95.1 cm³/mol. The molecule has 0 heterocycles. The van der Waals surface area contributed by atoms with Crippen LogP contribution in [0.1, 0.15) is 36.4 Å². The number of rotatable bonds is 3. The van der Waals surface area contributed by atoms with Gasteiger partial charge in [0, 0.05) is 20.7 Å². The molecule has 0 fully saturated rings. The van der Waals surface area contributed by atoms with Gasteiger partial charge in [-0.05, 0) is 58.6 Å². The first-order chi connectivity index (χ1) is 10.2. The van der Waals surface area contributed by atoms with Gasteiger partial charge in [-0.1, -0.05) is 43.3 Å². The van der Waals surface area contributed by atoms with E-state index < -0.39 is 0 Å². The molecule has 2 aromatic carbocycles. The number of nitrogens with one attached hydrogen (secondary N) is 1. The quantitative estimate of drug-likeness (QED) is 0.787. The summed E-state index contributed by atoms with van der Waals surface area (Å²) < 4.78 is 1.19. The fourth-order valence-corrected chi connectivity index (χ4v) is 5.25. The molecule has 0 saturated heterocycles. The first-order valence-electron chi connectivity index (χ1n) is 7.38. The summed E-state index contributed by atoms with van der Waals surface area (Å²) in [5, 5.41) is 4.09. The van der Waals surface area contributed by atoms with E-state index in [4.69, 9.17) is 0 Å². The largest absolute Gasteiger partial charge is 0.312 e. The standard InChI is InChI=1S/C18H20BrNS/c1-12-11-17(21-16-10-6-5-9-15(16)19)18(20-2)14-8-4-3-7-13(12)14/h3-10,12,17-18,20H,11H2,1-2H3. The summed E-state index contributed by atoms with van der Waals surface area (Å²) in [5.41, 5.74) is 2.96. The lowest BCUT2D eigenvalue weighted by Crippen LogP contribution is -2.33. The molecule has 21 heavy (non-hydrogen) atoms. The first-order valence-corrected chi connectivity index (χ1v) is 9.05. The van der Waals surface area contributed by atoms with E-state index in [1.165, 1.54) is 26.9 Å². The summed E-state index contributed by atoms with van der Waals surface area (Å²) in [4.78, 5) is 1.33. The maximum atomic E-state index is 3.67. The van der Waals surface area contributed by atoms with Crippen molar-refractivity contribution in [1.29, 1.82) is 0 Å². The molecule has 1 N–H and O–H groups in total. The van der Waals surface area contributed by atoms with Gasteiger partial charge in [-0.25, -0.2) is 0 Å². The Kier molecular flexibility index (Phi) is 4.72. The van der Waals surface area contributed by atoms with Crippen molar-refractivity contribution in [2.24, 2.45) is 0 Å². The van der Waals surface area contributed by atoms with E-state index in [1.807, 2.05) is 11.8 Å². The molecular weight excluding hydrogens is 342 g/mol. The third kappa shape index (κ3) is 3.05. The highest BCUT2D eigenvalue weighted by Gasteiger charge is 2.32. The lowest BCUT2D eigenvalue weighted by Gasteiger charge is -2.36. The second kappa shape index (κ2) is 6.55. The average molecular weight is 362 g/mol. The molecule has 110 valence electrons. The van der Waals surface area contributed by atoms with Crippen LogP contribution < -0.4 is 5.32 Å². The molecule has 0 radical (unpaired) electrons. The predicted octanol–water partition coefficient (Wildman–Crippen LogP) is 5.38. The van der Waals surface area contributed by atoms with Crippen LogP contribution in [0.2, 0.25) is 0 Å². The number of halogens is 1. The molecule has 0 spiro atoms. The summed E-state index contributed by atoms with van der Waals surface area (Å²) in [5.74, 6) is 0.616. The van der Waals surface area contributed by atoms with E-state index in [0.717, 1.165) is 0 Å². The minimum atomic E-state index is 0.412. The zero-order valence-corrected chi connectivity index (χ0v) is 14.7. The van der Waals surface area contributed by atoms with Crippen molar-refractivity contribution < 1.29 is 0 Å². The van der Waals surface area contributed by atoms with Crippen molar-refractivity contribution in [2.75, 3.05) is 7.05 Å². The van der Waals surface area contributed by atoms with Gasteiger partial charge in [-0.2, -0.15) is 0 Å². The van der Waals surface area contributed by atoms with Crippen molar-refractivity contribution >= 4 is 27.7 Å². The molecule has 2 aromatic rings. The summed E-state index contributed by atoms with van der Waals surface area (Å²) >= 11 is 5.65. The molecule has 1 nitrogen and oxygen atoms in total. The zero-order valence-electron chi connectivity index (χ0n) is 12.3. The van der Waals surface area contributed by atoms with Crippen LogP contribution in [-0.2, 0) is 0 Å². The SMILES string of the molecule is CNC1c2ccccc2C(C)CC1Sc1ccccc1Br. The third-order valence-electron chi connectivity index (χ3n) is 4.25. The molecule has 1 aliphatic carbocycles. The summed E-state index contributed by atoms with van der Waals surface area (Å²) in [6, 6.07) is 17.8. The van der Waals surface area contributed by atoms with Crippen LogP contribution >= 0.6 is 27.7 Å². The lowest BCUT2D eigenvalue weighted by molar-refractivity contribution is 0.473. The Hall–Kier alpha value is -0.770. The van der Waals surface area contributed by atoms with Crippen LogP contribution in [0.25, 0.3) is 0 Å². The van der Waals surface area contributed by atoms with Crippen molar-refractivity contribution in [3.05, 3.63) is 64.1 Å². The van der Waals surface area contributed by atoms with Gasteiger partial charge < -0.3 is 5.32 Å². The Morgan fingerprint density at radius 3 is 2.43 bits per heavy atom. The van der Waals surface area contributed by atoms with Crippen molar-refractivity contribution in [3.8, 4) is 0 Å². The zero-order chi connectivity index (χ0) is 14.8. The van der Waals surface area contributed by atoms with Crippen molar-refractivity contribution in [1.82, 2.24) is 5.32 Å². The summed E-state index contributed by atoms with van der Waals surface area (Å²) in [6.45, 7) is 2.35. The molecule has 3 rings (SSSR count). The highest BCUT2D eigenvalue weighted by Crippen LogP contribution is 2.45. The minimum absolute atomic E-state index is 0.412. The van der Waals surface area contributed by atoms with Gasteiger partial charge in [0.05, 0.1) is 0 Å². The molecule has 0 bridgehead atoms. The number of benzene rings is 2. The maximum Gasteiger partial charge on any atom is 0.0444 e. The van der Waals surface area contributed by atoms with Crippen LogP contribution in [0.4, 0.5) is 0 Å². The van der Waals surface area contributed by atoms with Gasteiger partial charge in [-0.15, -0.1) is 11.8 Å². The van der Waals surface area contributed by atoms with Gasteiger partial charge in [-0.3, -0.25) is 0 Å². The summed E-state index contributed by atoms with van der Waals surface area (Å²) in [7, 11) is 2.07. The Morgan fingerprint density at radius 2 is 1.71 bits per heavy atom. The van der Waals surface area contributed by atoms with E-state index in [0.29, 0.717) is 17.2 Å². The molecule has 0 saturated carbocycles. The van der Waals surface area contributed by atoms with Crippen molar-refractivity contribution in [3.63, 3.8) is 0 Å². The molecule has 3 heteroatoms. The van der Waals surface area contributed by atoms with Gasteiger partial charge >= 0.3 is 0 Å². The average Bonchev–Trinajstić information content (AvgIpc) is 2.50. The molecule has 1 aliphatic rings. The maximum absolute atomic E-state index is 3.67. The van der Waals surface area contributed by atoms with Crippen LogP contribution in [0.5, 0.6) is 0 Å². The monoisotopic (exact) mass is 361 g/mol. The Balaban J connectivity index is 1.92. The van der Waals surface area contributed by atoms with Crippen molar-refractivity contribution in [2.45, 2.75) is 35.4 Å². The molecule has 0 amide bonds. The lowest BCUT2D eigenvalue weighted by atomic mass is 9.81. The highest BCUT2D eigenvalue weighted by atomic mass is 79.9. The van der Waals surface area contributed by atoms with E-state index in [9.17, 15) is 0 Å².